The summed E-state index contributed by atoms with van der Waals surface area (Å²) in [5, 5.41) is 16.0. The Morgan fingerprint density at radius 2 is 2.06 bits per heavy atom. The highest BCUT2D eigenvalue weighted by Crippen LogP contribution is 2.15. The largest absolute Gasteiger partial charge is 0.508 e. The summed E-state index contributed by atoms with van der Waals surface area (Å²) < 4.78 is 0. The van der Waals surface area contributed by atoms with Gasteiger partial charge >= 0.3 is 0 Å². The highest BCUT2D eigenvalue weighted by molar-refractivity contribution is 5.47. The molecule has 0 spiro atoms. The van der Waals surface area contributed by atoms with Gasteiger partial charge in [0.1, 0.15) is 5.75 Å². The maximum atomic E-state index is 9.26. The van der Waals surface area contributed by atoms with E-state index in [2.05, 4.69) is 15.3 Å². The molecule has 0 heterocycles. The van der Waals surface area contributed by atoms with Crippen molar-refractivity contribution in [2.24, 2.45) is 5.11 Å². The van der Waals surface area contributed by atoms with Crippen LogP contribution in [-0.4, -0.2) is 18.2 Å². The Balaban J connectivity index is 2.02. The van der Waals surface area contributed by atoms with Gasteiger partial charge in [-0.1, -0.05) is 24.0 Å². The molecule has 0 saturated carbocycles. The first-order valence-electron chi connectivity index (χ1n) is 5.86. The number of hydrogen-bond acceptors (Lipinski definition) is 3. The number of hydrogen-bond donors (Lipinski definition) is 2. The molecule has 0 aliphatic carbocycles. The van der Waals surface area contributed by atoms with Crippen LogP contribution in [0.1, 0.15) is 25.7 Å². The Morgan fingerprint density at radius 3 is 2.82 bits per heavy atom. The van der Waals surface area contributed by atoms with Gasteiger partial charge in [-0.2, -0.15) is 0 Å². The fourth-order valence-electron chi connectivity index (χ4n) is 1.55. The third kappa shape index (κ3) is 6.33. The Morgan fingerprint density at radius 1 is 1.24 bits per heavy atom. The van der Waals surface area contributed by atoms with Crippen molar-refractivity contribution in [2.45, 2.75) is 25.7 Å². The highest BCUT2D eigenvalue weighted by atomic mass is 16.3. The molecule has 5 heteroatoms. The molecule has 1 aromatic rings. The molecule has 0 atom stereocenters. The fourth-order valence-corrected chi connectivity index (χ4v) is 1.55. The lowest BCUT2D eigenvalue weighted by Gasteiger charge is -2.06. The van der Waals surface area contributed by atoms with Crippen molar-refractivity contribution in [3.8, 4) is 5.75 Å². The smallest absolute Gasteiger partial charge is 0.117 e. The lowest BCUT2D eigenvalue weighted by atomic mass is 10.2. The van der Waals surface area contributed by atoms with Crippen molar-refractivity contribution in [3.05, 3.63) is 34.7 Å². The van der Waals surface area contributed by atoms with Gasteiger partial charge in [-0.3, -0.25) is 0 Å². The molecule has 0 saturated heterocycles. The van der Waals surface area contributed by atoms with Crippen LogP contribution in [0.4, 0.5) is 5.69 Å². The third-order valence-electron chi connectivity index (χ3n) is 2.42. The van der Waals surface area contributed by atoms with Gasteiger partial charge in [-0.25, -0.2) is 0 Å². The van der Waals surface area contributed by atoms with Crippen LogP contribution in [0.3, 0.4) is 0 Å². The number of unbranched alkanes of at least 4 members (excludes halogenated alkanes) is 3. The molecule has 0 fully saturated rings. The van der Waals surface area contributed by atoms with Gasteiger partial charge < -0.3 is 10.4 Å². The van der Waals surface area contributed by atoms with E-state index < -0.39 is 0 Å². The maximum Gasteiger partial charge on any atom is 0.117 e. The predicted octanol–water partition coefficient (Wildman–Crippen LogP) is 3.67. The number of benzene rings is 1. The zero-order chi connectivity index (χ0) is 12.3. The lowest BCUT2D eigenvalue weighted by molar-refractivity contribution is 0.475. The van der Waals surface area contributed by atoms with E-state index >= 15 is 0 Å². The van der Waals surface area contributed by atoms with Crippen molar-refractivity contribution >= 4 is 5.69 Å². The second kappa shape index (κ2) is 8.30. The van der Waals surface area contributed by atoms with Crippen LogP contribution >= 0.6 is 0 Å². The van der Waals surface area contributed by atoms with Crippen LogP contribution in [-0.2, 0) is 0 Å². The Bertz CT molecular complexity index is 375. The van der Waals surface area contributed by atoms with Crippen molar-refractivity contribution in [1.82, 2.24) is 0 Å². The number of nitrogens with zero attached hydrogens (tertiary/aromatic N) is 3. The molecular weight excluding hydrogens is 216 g/mol. The highest BCUT2D eigenvalue weighted by Gasteiger charge is 1.93. The number of rotatable bonds is 8. The van der Waals surface area contributed by atoms with Gasteiger partial charge in [0.2, 0.25) is 0 Å². The molecule has 2 N–H and O–H groups in total. The van der Waals surface area contributed by atoms with E-state index in [-0.39, 0.29) is 5.75 Å². The van der Waals surface area contributed by atoms with Crippen LogP contribution in [0.25, 0.3) is 10.4 Å². The van der Waals surface area contributed by atoms with E-state index in [1.807, 2.05) is 12.1 Å². The summed E-state index contributed by atoms with van der Waals surface area (Å²) in [4.78, 5) is 2.71. The number of phenols is 1. The van der Waals surface area contributed by atoms with Crippen molar-refractivity contribution in [1.29, 1.82) is 0 Å². The standard InChI is InChI=1S/C12H18N4O/c13-16-15-9-4-2-1-3-8-14-11-6-5-7-12(17)10-11/h5-7,10,14,17H,1-4,8-9H2. The summed E-state index contributed by atoms with van der Waals surface area (Å²) in [5.41, 5.74) is 9.03. The summed E-state index contributed by atoms with van der Waals surface area (Å²) in [7, 11) is 0. The Hall–Kier alpha value is -1.87. The van der Waals surface area contributed by atoms with Crippen LogP contribution in [0, 0.1) is 0 Å². The zero-order valence-corrected chi connectivity index (χ0v) is 9.84. The summed E-state index contributed by atoms with van der Waals surface area (Å²) in [6.07, 6.45) is 4.23. The molecular formula is C12H18N4O. The third-order valence-corrected chi connectivity index (χ3v) is 2.42. The van der Waals surface area contributed by atoms with E-state index in [9.17, 15) is 5.11 Å². The SMILES string of the molecule is [N-]=[N+]=NCCCCCCNc1cccc(O)c1. The number of aromatic hydroxyl groups is 1. The minimum absolute atomic E-state index is 0.282. The molecule has 0 aliphatic heterocycles. The van der Waals surface area contributed by atoms with Gasteiger partial charge in [0.05, 0.1) is 0 Å². The number of azide groups is 1. The molecule has 0 amide bonds. The number of nitrogens with one attached hydrogen (secondary N) is 1. The summed E-state index contributed by atoms with van der Waals surface area (Å²) in [5.74, 6) is 0.282. The zero-order valence-electron chi connectivity index (χ0n) is 9.84. The first-order chi connectivity index (χ1) is 8.33. The van der Waals surface area contributed by atoms with E-state index in [0.717, 1.165) is 37.9 Å². The van der Waals surface area contributed by atoms with Gasteiger partial charge in [0, 0.05) is 29.8 Å². The average Bonchev–Trinajstić information content (AvgIpc) is 2.33. The van der Waals surface area contributed by atoms with E-state index in [0.29, 0.717) is 6.54 Å². The molecule has 0 radical (unpaired) electrons. The molecule has 92 valence electrons. The number of anilines is 1. The van der Waals surface area contributed by atoms with Crippen LogP contribution in [0.5, 0.6) is 5.75 Å². The van der Waals surface area contributed by atoms with Crippen LogP contribution < -0.4 is 5.32 Å². The van der Waals surface area contributed by atoms with E-state index in [1.165, 1.54) is 0 Å². The average molecular weight is 234 g/mol. The first kappa shape index (κ1) is 13.2. The summed E-state index contributed by atoms with van der Waals surface area (Å²) in [6, 6.07) is 7.11. The predicted molar refractivity (Wildman–Crippen MR) is 69.1 cm³/mol. The van der Waals surface area contributed by atoms with Crippen molar-refractivity contribution < 1.29 is 5.11 Å². The van der Waals surface area contributed by atoms with Gasteiger partial charge in [0.15, 0.2) is 0 Å². The second-order valence-corrected chi connectivity index (χ2v) is 3.85. The van der Waals surface area contributed by atoms with Crippen molar-refractivity contribution in [3.63, 3.8) is 0 Å². The molecule has 0 aliphatic rings. The van der Waals surface area contributed by atoms with Gasteiger partial charge in [-0.15, -0.1) is 0 Å². The van der Waals surface area contributed by atoms with Gasteiger partial charge in [-0.05, 0) is 30.5 Å². The van der Waals surface area contributed by atoms with Gasteiger partial charge in [0.25, 0.3) is 0 Å². The molecule has 0 aromatic heterocycles. The fraction of sp³-hybridized carbons (Fsp3) is 0.500. The molecule has 1 aromatic carbocycles. The van der Waals surface area contributed by atoms with Crippen molar-refractivity contribution in [2.75, 3.05) is 18.4 Å². The van der Waals surface area contributed by atoms with E-state index in [4.69, 9.17) is 5.53 Å². The molecule has 1 rings (SSSR count). The summed E-state index contributed by atoms with van der Waals surface area (Å²) >= 11 is 0. The second-order valence-electron chi connectivity index (χ2n) is 3.85. The number of phenolic OH excluding ortho intramolecular Hbond substituents is 1. The molecule has 0 unspecified atom stereocenters. The Labute approximate surface area is 101 Å². The normalized spacial score (nSPS) is 9.65. The molecule has 17 heavy (non-hydrogen) atoms. The topological polar surface area (TPSA) is 81.0 Å². The Kier molecular flexibility index (Phi) is 6.44. The minimum Gasteiger partial charge on any atom is -0.508 e. The molecule has 0 bridgehead atoms. The summed E-state index contributed by atoms with van der Waals surface area (Å²) in [6.45, 7) is 1.49. The first-order valence-corrected chi connectivity index (χ1v) is 5.86. The van der Waals surface area contributed by atoms with E-state index in [1.54, 1.807) is 12.1 Å². The maximum absolute atomic E-state index is 9.26. The monoisotopic (exact) mass is 234 g/mol. The minimum atomic E-state index is 0.282. The lowest BCUT2D eigenvalue weighted by Crippen LogP contribution is -2.01. The quantitative estimate of drug-likeness (QED) is 0.311. The van der Waals surface area contributed by atoms with Crippen LogP contribution in [0.15, 0.2) is 29.4 Å². The molecule has 5 nitrogen and oxygen atoms in total. The van der Waals surface area contributed by atoms with Crippen LogP contribution in [0.2, 0.25) is 0 Å².